The van der Waals surface area contributed by atoms with Gasteiger partial charge in [-0.1, -0.05) is 132 Å². The van der Waals surface area contributed by atoms with E-state index >= 15 is 0 Å². The van der Waals surface area contributed by atoms with Gasteiger partial charge >= 0.3 is 0 Å². The quantitative estimate of drug-likeness (QED) is 0.165. The normalized spacial score (nSPS) is 15.4. The summed E-state index contributed by atoms with van der Waals surface area (Å²) in [5.74, 6) is 0. The Morgan fingerprint density at radius 1 is 0.526 bits per heavy atom. The molecule has 5 aromatic carbocycles. The standard InChI is InChI=1S/C52H57BN2S2/c1-14-31-27-40-45-41(28-31)55(37-23-17-33(18-24-37)50(5,6)7)48-44(38-29-34(51(8,9)10)19-25-42(38)57-48)53(45)47-46(39-30-35(52(11,12)13)20-26-43(39)56-47)54(40)36-21-15-32(16-22-36)49(2,3)4/h15-30H,14H2,1-13H3/i17D,18D,23D,24D. The van der Waals surface area contributed by atoms with Crippen LogP contribution in [0.2, 0.25) is 0 Å². The van der Waals surface area contributed by atoms with Gasteiger partial charge in [0.15, 0.2) is 0 Å². The molecule has 0 saturated carbocycles. The van der Waals surface area contributed by atoms with Crippen molar-refractivity contribution in [3.8, 4) is 0 Å². The molecule has 5 heteroatoms. The third-order valence-electron chi connectivity index (χ3n) is 12.1. The Hall–Kier alpha value is -4.32. The zero-order valence-corrected chi connectivity index (χ0v) is 37.6. The molecule has 0 unspecified atom stereocenters. The van der Waals surface area contributed by atoms with Crippen LogP contribution in [0.25, 0.3) is 20.2 Å². The minimum absolute atomic E-state index is 0.00461. The molecule has 2 aliphatic heterocycles. The summed E-state index contributed by atoms with van der Waals surface area (Å²) in [6.07, 6.45) is 0.785. The summed E-state index contributed by atoms with van der Waals surface area (Å²) in [6.45, 7) is 28.4. The number of nitrogens with zero attached hydrogens (tertiary/aromatic N) is 2. The smallest absolute Gasteiger partial charge is 0.266 e. The largest absolute Gasteiger partial charge is 0.310 e. The first kappa shape index (κ1) is 33.6. The average Bonchev–Trinajstić information content (AvgIpc) is 3.74. The number of fused-ring (bicyclic) bond motifs is 8. The van der Waals surface area contributed by atoms with E-state index in [0.29, 0.717) is 11.3 Å². The monoisotopic (exact) mass is 788 g/mol. The number of hydrogen-bond acceptors (Lipinski definition) is 4. The first-order valence-electron chi connectivity index (χ1n) is 22.5. The molecule has 0 bridgehead atoms. The lowest BCUT2D eigenvalue weighted by molar-refractivity contribution is 0.590. The molecule has 0 fully saturated rings. The fourth-order valence-corrected chi connectivity index (χ4v) is 11.1. The molecule has 0 radical (unpaired) electrons. The summed E-state index contributed by atoms with van der Waals surface area (Å²) in [5, 5.41) is 3.39. The lowest BCUT2D eigenvalue weighted by atomic mass is 9.36. The molecule has 290 valence electrons. The summed E-state index contributed by atoms with van der Waals surface area (Å²) in [7, 11) is 0. The van der Waals surface area contributed by atoms with E-state index in [0.717, 1.165) is 44.2 Å². The topological polar surface area (TPSA) is 6.48 Å². The minimum atomic E-state index is -0.577. The number of rotatable bonds is 3. The average molecular weight is 789 g/mol. The maximum Gasteiger partial charge on any atom is 0.266 e. The first-order chi connectivity index (χ1) is 28.4. The molecule has 7 aromatic rings. The van der Waals surface area contributed by atoms with Crippen LogP contribution in [0, 0.1) is 0 Å². The number of hydrogen-bond donors (Lipinski definition) is 0. The highest BCUT2D eigenvalue weighted by molar-refractivity contribution is 7.35. The fraction of sp³-hybridized carbons (Fsp3) is 0.346. The molecule has 2 aliphatic rings. The van der Waals surface area contributed by atoms with Gasteiger partial charge in [-0.3, -0.25) is 0 Å². The van der Waals surface area contributed by atoms with E-state index in [9.17, 15) is 5.48 Å². The van der Waals surface area contributed by atoms with Crippen LogP contribution >= 0.6 is 22.7 Å². The van der Waals surface area contributed by atoms with Crippen molar-refractivity contribution in [1.29, 1.82) is 0 Å². The molecule has 2 nitrogen and oxygen atoms in total. The van der Waals surface area contributed by atoms with Crippen LogP contribution in [0.4, 0.5) is 33.4 Å². The Balaban J connectivity index is 1.47. The van der Waals surface area contributed by atoms with Gasteiger partial charge in [-0.25, -0.2) is 0 Å². The maximum absolute atomic E-state index is 9.75. The molecule has 0 amide bonds. The van der Waals surface area contributed by atoms with Crippen LogP contribution in [0.1, 0.15) is 123 Å². The zero-order valence-electron chi connectivity index (χ0n) is 39.9. The van der Waals surface area contributed by atoms with E-state index in [1.54, 1.807) is 11.3 Å². The molecule has 4 heterocycles. The van der Waals surface area contributed by atoms with E-state index in [1.807, 2.05) is 32.1 Å². The van der Waals surface area contributed by atoms with Crippen LogP contribution in [-0.2, 0) is 28.1 Å². The van der Waals surface area contributed by atoms with Gasteiger partial charge in [0.05, 0.1) is 16.2 Å². The van der Waals surface area contributed by atoms with Crippen LogP contribution in [-0.4, -0.2) is 6.71 Å². The van der Waals surface area contributed by atoms with Crippen molar-refractivity contribution in [2.45, 2.75) is 118 Å². The van der Waals surface area contributed by atoms with Gasteiger partial charge < -0.3 is 9.80 Å². The Kier molecular flexibility index (Phi) is 7.58. The molecule has 0 spiro atoms. The van der Waals surface area contributed by atoms with Gasteiger partial charge in [-0.05, 0) is 127 Å². The molecule has 0 N–H and O–H groups in total. The first-order valence-corrected chi connectivity index (χ1v) is 22.2. The highest BCUT2D eigenvalue weighted by atomic mass is 32.1. The molecule has 0 saturated heterocycles. The molecular formula is C52H57BN2S2. The van der Waals surface area contributed by atoms with Gasteiger partial charge in [0.2, 0.25) is 0 Å². The van der Waals surface area contributed by atoms with Crippen LogP contribution in [0.5, 0.6) is 0 Å². The number of thiophene rings is 2. The second-order valence-corrected chi connectivity index (χ2v) is 22.4. The Bertz CT molecular complexity index is 2920. The Morgan fingerprint density at radius 2 is 1.04 bits per heavy atom. The van der Waals surface area contributed by atoms with Crippen molar-refractivity contribution in [2.24, 2.45) is 0 Å². The van der Waals surface area contributed by atoms with E-state index < -0.39 is 5.41 Å². The predicted octanol–water partition coefficient (Wildman–Crippen LogP) is 14.0. The lowest BCUT2D eigenvalue weighted by Crippen LogP contribution is -2.60. The summed E-state index contributed by atoms with van der Waals surface area (Å²) in [4.78, 5) is 4.62. The van der Waals surface area contributed by atoms with Crippen LogP contribution in [0.15, 0.2) is 97.0 Å². The SMILES string of the molecule is [2H]c1c([2H])c(C(C)(C)C)c([2H])c([2H])c1N1c2cc(CC)cc3c2B(c2sc4ccc(C(C)(C)C)cc4c2N3c2ccc(C(C)(C)C)cc2)c2c1sc1ccc(C(C)(C)C)cc21. The Labute approximate surface area is 355 Å². The minimum Gasteiger partial charge on any atom is -0.310 e. The molecular weight excluding hydrogens is 728 g/mol. The predicted molar refractivity (Wildman–Crippen MR) is 255 cm³/mol. The second kappa shape index (κ2) is 12.8. The second-order valence-electron chi connectivity index (χ2n) is 20.3. The van der Waals surface area contributed by atoms with Crippen LogP contribution in [0.3, 0.4) is 0 Å². The molecule has 2 aromatic heterocycles. The lowest BCUT2D eigenvalue weighted by Gasteiger charge is -2.42. The van der Waals surface area contributed by atoms with Crippen molar-refractivity contribution in [2.75, 3.05) is 9.80 Å². The van der Waals surface area contributed by atoms with Gasteiger partial charge in [0.25, 0.3) is 6.71 Å². The molecule has 0 atom stereocenters. The van der Waals surface area contributed by atoms with Gasteiger partial charge in [0.1, 0.15) is 0 Å². The molecule has 9 rings (SSSR count). The number of benzene rings is 5. The van der Waals surface area contributed by atoms with E-state index in [-0.39, 0.29) is 47.1 Å². The summed E-state index contributed by atoms with van der Waals surface area (Å²) < 4.78 is 42.0. The third kappa shape index (κ3) is 6.18. The highest BCUT2D eigenvalue weighted by Crippen LogP contribution is 2.51. The van der Waals surface area contributed by atoms with Crippen molar-refractivity contribution >= 4 is 98.7 Å². The number of anilines is 6. The van der Waals surface area contributed by atoms with Crippen molar-refractivity contribution in [3.63, 3.8) is 0 Å². The molecule has 57 heavy (non-hydrogen) atoms. The van der Waals surface area contributed by atoms with E-state index in [1.165, 1.54) is 48.1 Å². The zero-order chi connectivity index (χ0) is 44.0. The summed E-state index contributed by atoms with van der Waals surface area (Å²) >= 11 is 3.59. The summed E-state index contributed by atoms with van der Waals surface area (Å²) in [6, 6.07) is 27.7. The van der Waals surface area contributed by atoms with Crippen molar-refractivity contribution in [3.05, 3.63) is 125 Å². The number of aryl methyl sites for hydroxylation is 1. The van der Waals surface area contributed by atoms with Gasteiger partial charge in [-0.15, -0.1) is 22.7 Å². The van der Waals surface area contributed by atoms with Gasteiger partial charge in [-0.2, -0.15) is 0 Å². The highest BCUT2D eigenvalue weighted by Gasteiger charge is 2.47. The Morgan fingerprint density at radius 3 is 1.58 bits per heavy atom. The third-order valence-corrected chi connectivity index (χ3v) is 14.5. The van der Waals surface area contributed by atoms with Crippen molar-refractivity contribution < 1.29 is 5.48 Å². The van der Waals surface area contributed by atoms with E-state index in [4.69, 9.17) is 0 Å². The van der Waals surface area contributed by atoms with Crippen LogP contribution < -0.4 is 25.5 Å². The van der Waals surface area contributed by atoms with Gasteiger partial charge in [0, 0.05) is 42.3 Å². The van der Waals surface area contributed by atoms with Crippen molar-refractivity contribution in [1.82, 2.24) is 0 Å². The maximum atomic E-state index is 9.75. The van der Waals surface area contributed by atoms with E-state index in [2.05, 4.69) is 152 Å². The molecule has 0 aliphatic carbocycles. The summed E-state index contributed by atoms with van der Waals surface area (Å²) in [5.41, 5.74) is 11.6. The fourth-order valence-electron chi connectivity index (χ4n) is 8.59.